The van der Waals surface area contributed by atoms with E-state index in [1.165, 1.54) is 6.92 Å². The number of nitrogens with one attached hydrogen (secondary N) is 1. The van der Waals surface area contributed by atoms with Gasteiger partial charge in [-0.15, -0.1) is 0 Å². The molecule has 0 aromatic heterocycles. The molecule has 2 aliphatic heterocycles. The first kappa shape index (κ1) is 24.3. The van der Waals surface area contributed by atoms with Crippen LogP contribution in [-0.4, -0.2) is 113 Å². The average Bonchev–Trinajstić information content (AvgIpc) is 2.69. The van der Waals surface area contributed by atoms with Gasteiger partial charge in [0, 0.05) is 13.5 Å². The molecule has 0 spiro atoms. The monoisotopic (exact) mass is 424 g/mol. The van der Waals surface area contributed by atoms with Gasteiger partial charge in [-0.2, -0.15) is 0 Å². The second-order valence-electron chi connectivity index (χ2n) is 7.24. The largest absolute Gasteiger partial charge is 0.394 e. The summed E-state index contributed by atoms with van der Waals surface area (Å²) in [6.07, 6.45) is -9.31. The van der Waals surface area contributed by atoms with Crippen LogP contribution in [0.25, 0.3) is 0 Å². The summed E-state index contributed by atoms with van der Waals surface area (Å²) in [5, 5.41) is 52.5. The maximum atomic E-state index is 11.4. The summed E-state index contributed by atoms with van der Waals surface area (Å²) >= 11 is 0. The van der Waals surface area contributed by atoms with Crippen LogP contribution in [0.15, 0.2) is 0 Å². The van der Waals surface area contributed by atoms with Crippen molar-refractivity contribution in [2.45, 2.75) is 81.6 Å². The Morgan fingerprint density at radius 3 is 2.21 bits per heavy atom. The van der Waals surface area contributed by atoms with E-state index in [2.05, 4.69) is 5.32 Å². The van der Waals surface area contributed by atoms with Gasteiger partial charge in [0.25, 0.3) is 0 Å². The van der Waals surface area contributed by atoms with E-state index in [0.29, 0.717) is 13.0 Å². The molecule has 12 nitrogen and oxygen atoms in total. The predicted octanol–water partition coefficient (Wildman–Crippen LogP) is -3.85. The molecule has 8 N–H and O–H groups in total. The molecule has 2 heterocycles. The smallest absolute Gasteiger partial charge is 0.217 e. The van der Waals surface area contributed by atoms with Crippen LogP contribution in [0.1, 0.15) is 20.3 Å². The molecule has 0 bridgehead atoms. The summed E-state index contributed by atoms with van der Waals surface area (Å²) < 4.78 is 22.1. The molecule has 2 aliphatic rings. The second-order valence-corrected chi connectivity index (χ2v) is 7.24. The number of carbonyl (C=O) groups excluding carboxylic acids is 1. The number of aliphatic hydroxyl groups is 5. The van der Waals surface area contributed by atoms with Gasteiger partial charge in [-0.25, -0.2) is 0 Å². The van der Waals surface area contributed by atoms with Crippen LogP contribution in [0.2, 0.25) is 0 Å². The maximum Gasteiger partial charge on any atom is 0.217 e. The van der Waals surface area contributed by atoms with Gasteiger partial charge in [0.2, 0.25) is 5.91 Å². The van der Waals surface area contributed by atoms with E-state index < -0.39 is 73.8 Å². The molecule has 170 valence electrons. The third-order valence-corrected chi connectivity index (χ3v) is 4.91. The molecule has 2 rings (SSSR count). The molecule has 10 atom stereocenters. The lowest BCUT2D eigenvalue weighted by molar-refractivity contribution is -0.301. The van der Waals surface area contributed by atoms with Crippen LogP contribution in [-0.2, 0) is 23.7 Å². The fourth-order valence-corrected chi connectivity index (χ4v) is 3.28. The standard InChI is InChI=1S/C17H32N2O10/c1-3-4-26-16-10(18)14(24)13(23)9(29-16)6-27-17-11(19-7(2)21)15(25)12(22)8(5-20)28-17/h8-17,20,22-25H,3-6,18H2,1-2H3,(H,19,21)/t8-,9-,10-,11-,12-,13-,14-,15-,16+,17-/m1/s1. The third-order valence-electron chi connectivity index (χ3n) is 4.91. The Morgan fingerprint density at radius 1 is 1.00 bits per heavy atom. The minimum absolute atomic E-state index is 0.307. The first-order valence-corrected chi connectivity index (χ1v) is 9.61. The molecule has 2 saturated heterocycles. The second kappa shape index (κ2) is 10.9. The van der Waals surface area contributed by atoms with Gasteiger partial charge in [-0.1, -0.05) is 6.92 Å². The number of carbonyl (C=O) groups is 1. The van der Waals surface area contributed by atoms with Gasteiger partial charge in [0.05, 0.1) is 19.3 Å². The van der Waals surface area contributed by atoms with Crippen LogP contribution >= 0.6 is 0 Å². The lowest BCUT2D eigenvalue weighted by atomic mass is 9.96. The van der Waals surface area contributed by atoms with Gasteiger partial charge < -0.3 is 55.5 Å². The summed E-state index contributed by atoms with van der Waals surface area (Å²) in [4.78, 5) is 11.4. The molecule has 0 radical (unpaired) electrons. The van der Waals surface area contributed by atoms with Crippen molar-refractivity contribution in [2.75, 3.05) is 19.8 Å². The minimum Gasteiger partial charge on any atom is -0.394 e. The van der Waals surface area contributed by atoms with E-state index in [1.807, 2.05) is 6.92 Å². The fraction of sp³-hybridized carbons (Fsp3) is 0.941. The van der Waals surface area contributed by atoms with Crippen molar-refractivity contribution >= 4 is 5.91 Å². The minimum atomic E-state index is -1.47. The number of aliphatic hydroxyl groups excluding tert-OH is 5. The maximum absolute atomic E-state index is 11.4. The van der Waals surface area contributed by atoms with Crippen molar-refractivity contribution in [1.29, 1.82) is 0 Å². The summed E-state index contributed by atoms with van der Waals surface area (Å²) in [5.74, 6) is -0.496. The first-order valence-electron chi connectivity index (χ1n) is 9.61. The van der Waals surface area contributed by atoms with Gasteiger partial charge in [0.1, 0.15) is 42.7 Å². The SMILES string of the molecule is CCCO[C@H]1O[C@H](CO[C@@H]2O[C@H](CO)[C@@H](O)[C@H](O)[C@H]2NC(C)=O)[C@@H](O)[C@H](O)[C@H]1N. The zero-order chi connectivity index (χ0) is 21.7. The quantitative estimate of drug-likeness (QED) is 0.202. The Morgan fingerprint density at radius 2 is 1.62 bits per heavy atom. The van der Waals surface area contributed by atoms with Crippen molar-refractivity contribution < 1.29 is 49.3 Å². The van der Waals surface area contributed by atoms with Crippen molar-refractivity contribution in [1.82, 2.24) is 5.32 Å². The summed E-state index contributed by atoms with van der Waals surface area (Å²) in [7, 11) is 0. The lowest BCUT2D eigenvalue weighted by Crippen LogP contribution is -2.66. The molecule has 0 aromatic rings. The number of rotatable bonds is 8. The number of ether oxygens (including phenoxy) is 4. The first-order chi connectivity index (χ1) is 13.7. The highest BCUT2D eigenvalue weighted by Gasteiger charge is 2.47. The normalized spacial score (nSPS) is 43.2. The lowest BCUT2D eigenvalue weighted by Gasteiger charge is -2.44. The van der Waals surface area contributed by atoms with Crippen molar-refractivity contribution in [3.05, 3.63) is 0 Å². The number of amides is 1. The summed E-state index contributed by atoms with van der Waals surface area (Å²) in [6.45, 7) is 2.55. The van der Waals surface area contributed by atoms with E-state index in [9.17, 15) is 30.3 Å². The Kier molecular flexibility index (Phi) is 9.15. The van der Waals surface area contributed by atoms with Crippen LogP contribution in [0.5, 0.6) is 0 Å². The highest BCUT2D eigenvalue weighted by atomic mass is 16.7. The third kappa shape index (κ3) is 5.82. The van der Waals surface area contributed by atoms with Gasteiger partial charge in [-0.05, 0) is 6.42 Å². The van der Waals surface area contributed by atoms with Gasteiger partial charge in [-0.3, -0.25) is 4.79 Å². The predicted molar refractivity (Wildman–Crippen MR) is 96.2 cm³/mol. The zero-order valence-electron chi connectivity index (χ0n) is 16.5. The number of hydrogen-bond donors (Lipinski definition) is 7. The van der Waals surface area contributed by atoms with Crippen molar-refractivity contribution in [2.24, 2.45) is 5.73 Å². The molecular weight excluding hydrogens is 392 g/mol. The number of nitrogens with two attached hydrogens (primary N) is 1. The average molecular weight is 424 g/mol. The zero-order valence-corrected chi connectivity index (χ0v) is 16.5. The topological polar surface area (TPSA) is 193 Å². The Hall–Kier alpha value is -0.930. The van der Waals surface area contributed by atoms with Crippen LogP contribution < -0.4 is 11.1 Å². The van der Waals surface area contributed by atoms with Crippen LogP contribution in [0.3, 0.4) is 0 Å². The molecule has 0 aliphatic carbocycles. The Labute approximate surface area is 168 Å². The van der Waals surface area contributed by atoms with E-state index in [1.54, 1.807) is 0 Å². The van der Waals surface area contributed by atoms with Crippen molar-refractivity contribution in [3.8, 4) is 0 Å². The molecule has 2 fully saturated rings. The molecular formula is C17H32N2O10. The summed E-state index contributed by atoms with van der Waals surface area (Å²) in [6, 6.07) is -2.09. The highest BCUT2D eigenvalue weighted by molar-refractivity contribution is 5.73. The van der Waals surface area contributed by atoms with E-state index in [4.69, 9.17) is 24.7 Å². The number of hydrogen-bond acceptors (Lipinski definition) is 11. The molecule has 0 saturated carbocycles. The van der Waals surface area contributed by atoms with E-state index >= 15 is 0 Å². The highest BCUT2D eigenvalue weighted by Crippen LogP contribution is 2.25. The Balaban J connectivity index is 2.06. The Bertz CT molecular complexity index is 526. The van der Waals surface area contributed by atoms with E-state index in [0.717, 1.165) is 0 Å². The molecule has 1 amide bonds. The van der Waals surface area contributed by atoms with E-state index in [-0.39, 0.29) is 6.61 Å². The molecule has 29 heavy (non-hydrogen) atoms. The fourth-order valence-electron chi connectivity index (χ4n) is 3.28. The van der Waals surface area contributed by atoms with Crippen molar-refractivity contribution in [3.63, 3.8) is 0 Å². The molecule has 12 heteroatoms. The van der Waals surface area contributed by atoms with Gasteiger partial charge >= 0.3 is 0 Å². The van der Waals surface area contributed by atoms with Crippen LogP contribution in [0, 0.1) is 0 Å². The molecule has 0 unspecified atom stereocenters. The summed E-state index contributed by atoms with van der Waals surface area (Å²) in [5.41, 5.74) is 5.84. The van der Waals surface area contributed by atoms with Crippen LogP contribution in [0.4, 0.5) is 0 Å². The van der Waals surface area contributed by atoms with Gasteiger partial charge in [0.15, 0.2) is 12.6 Å². The molecule has 0 aromatic carbocycles.